The van der Waals surface area contributed by atoms with Crippen molar-refractivity contribution in [2.24, 2.45) is 0 Å². The van der Waals surface area contributed by atoms with Gasteiger partial charge in [0.1, 0.15) is 5.00 Å². The fourth-order valence-corrected chi connectivity index (χ4v) is 1.85. The van der Waals surface area contributed by atoms with E-state index in [0.29, 0.717) is 5.00 Å². The first kappa shape index (κ1) is 9.98. The minimum Gasteiger partial charge on any atom is -0.476 e. The van der Waals surface area contributed by atoms with Crippen LogP contribution in [0.4, 0.5) is 5.00 Å². The average Bonchev–Trinajstić information content (AvgIpc) is 2.46. The average molecular weight is 200 g/mol. The molecule has 1 aromatic heterocycles. The molecule has 0 spiro atoms. The van der Waals surface area contributed by atoms with Crippen molar-refractivity contribution >= 4 is 22.3 Å². The van der Waals surface area contributed by atoms with Crippen molar-refractivity contribution < 1.29 is 9.90 Å². The summed E-state index contributed by atoms with van der Waals surface area (Å²) in [6, 6.07) is 0. The fraction of sp³-hybridized carbons (Fsp3) is 0.500. The lowest BCUT2D eigenvalue weighted by Gasteiger charge is -2.00. The van der Waals surface area contributed by atoms with Crippen LogP contribution in [0.15, 0.2) is 0 Å². The van der Waals surface area contributed by atoms with Crippen molar-refractivity contribution in [2.75, 3.05) is 5.73 Å². The number of nitrogens with zero attached hydrogens (tertiary/aromatic N) is 1. The molecule has 0 saturated carbocycles. The Morgan fingerprint density at radius 3 is 2.77 bits per heavy atom. The smallest absolute Gasteiger partial charge is 0.357 e. The summed E-state index contributed by atoms with van der Waals surface area (Å²) in [4.78, 5) is 14.6. The summed E-state index contributed by atoms with van der Waals surface area (Å²) in [6.07, 6.45) is 0.937. The maximum atomic E-state index is 10.6. The molecule has 0 aliphatic carbocycles. The van der Waals surface area contributed by atoms with Gasteiger partial charge < -0.3 is 10.8 Å². The molecule has 5 heteroatoms. The first-order valence-corrected chi connectivity index (χ1v) is 4.87. The van der Waals surface area contributed by atoms with Gasteiger partial charge in [0.05, 0.1) is 5.01 Å². The lowest BCUT2D eigenvalue weighted by Crippen LogP contribution is -2.01. The summed E-state index contributed by atoms with van der Waals surface area (Å²) in [7, 11) is 0. The molecule has 0 aromatic carbocycles. The van der Waals surface area contributed by atoms with Crippen molar-refractivity contribution in [3.8, 4) is 0 Å². The molecule has 0 aliphatic rings. The molecule has 0 fully saturated rings. The molecule has 0 amide bonds. The Hall–Kier alpha value is -1.10. The van der Waals surface area contributed by atoms with E-state index in [-0.39, 0.29) is 11.6 Å². The Balaban J connectivity index is 3.01. The van der Waals surface area contributed by atoms with E-state index in [1.807, 2.05) is 13.8 Å². The van der Waals surface area contributed by atoms with E-state index in [4.69, 9.17) is 10.8 Å². The van der Waals surface area contributed by atoms with Crippen molar-refractivity contribution in [3.05, 3.63) is 10.7 Å². The van der Waals surface area contributed by atoms with E-state index in [9.17, 15) is 4.79 Å². The molecule has 0 bridgehead atoms. The zero-order chi connectivity index (χ0) is 10.0. The Kier molecular flexibility index (Phi) is 2.87. The topological polar surface area (TPSA) is 76.2 Å². The number of carboxylic acid groups (broad SMARTS) is 1. The number of nitrogen functional groups attached to an aromatic ring is 1. The van der Waals surface area contributed by atoms with Crippen molar-refractivity contribution in [1.82, 2.24) is 4.98 Å². The van der Waals surface area contributed by atoms with Crippen molar-refractivity contribution in [1.29, 1.82) is 0 Å². The lowest BCUT2D eigenvalue weighted by atomic mass is 10.1. The minimum absolute atomic E-state index is 0.0136. The standard InChI is InChI=1S/C8H12N2O2S/c1-3-4(2)7-10-5(8(11)12)6(9)13-7/h4H,3,9H2,1-2H3,(H,11,12). The monoisotopic (exact) mass is 200 g/mol. The van der Waals surface area contributed by atoms with Gasteiger partial charge in [0.25, 0.3) is 0 Å². The Morgan fingerprint density at radius 1 is 1.77 bits per heavy atom. The van der Waals surface area contributed by atoms with E-state index in [2.05, 4.69) is 4.98 Å². The Labute approximate surface area is 80.4 Å². The zero-order valence-electron chi connectivity index (χ0n) is 7.57. The van der Waals surface area contributed by atoms with Crippen LogP contribution < -0.4 is 5.73 Å². The van der Waals surface area contributed by atoms with Crippen LogP contribution in [0.3, 0.4) is 0 Å². The number of rotatable bonds is 3. The highest BCUT2D eigenvalue weighted by atomic mass is 32.1. The van der Waals surface area contributed by atoms with E-state index < -0.39 is 5.97 Å². The first-order chi connectivity index (χ1) is 6.06. The molecular weight excluding hydrogens is 188 g/mol. The number of hydrogen-bond acceptors (Lipinski definition) is 4. The van der Waals surface area contributed by atoms with Gasteiger partial charge in [-0.15, -0.1) is 11.3 Å². The summed E-state index contributed by atoms with van der Waals surface area (Å²) in [5.41, 5.74) is 5.50. The molecule has 1 aromatic rings. The van der Waals surface area contributed by atoms with Gasteiger partial charge in [-0.2, -0.15) is 0 Å². The van der Waals surface area contributed by atoms with Crippen LogP contribution in [0.1, 0.15) is 41.7 Å². The molecule has 13 heavy (non-hydrogen) atoms. The van der Waals surface area contributed by atoms with Crippen molar-refractivity contribution in [2.45, 2.75) is 26.2 Å². The molecule has 1 heterocycles. The number of thiazole rings is 1. The highest BCUT2D eigenvalue weighted by Gasteiger charge is 2.17. The summed E-state index contributed by atoms with van der Waals surface area (Å²) in [5.74, 6) is -0.774. The molecule has 72 valence electrons. The fourth-order valence-electron chi connectivity index (χ4n) is 0.888. The molecule has 1 atom stereocenters. The van der Waals surface area contributed by atoms with Crippen LogP contribution in [0.25, 0.3) is 0 Å². The Morgan fingerprint density at radius 2 is 2.38 bits per heavy atom. The van der Waals surface area contributed by atoms with Crippen LogP contribution in [-0.2, 0) is 0 Å². The summed E-state index contributed by atoms with van der Waals surface area (Å²) in [6.45, 7) is 4.03. The lowest BCUT2D eigenvalue weighted by molar-refractivity contribution is 0.0692. The maximum Gasteiger partial charge on any atom is 0.357 e. The number of nitrogens with two attached hydrogens (primary N) is 1. The largest absolute Gasteiger partial charge is 0.476 e. The molecule has 4 nitrogen and oxygen atoms in total. The predicted octanol–water partition coefficient (Wildman–Crippen LogP) is 1.94. The number of carboxylic acids is 1. The van der Waals surface area contributed by atoms with Crippen LogP contribution in [0, 0.1) is 0 Å². The van der Waals surface area contributed by atoms with Crippen LogP contribution in [0.5, 0.6) is 0 Å². The first-order valence-electron chi connectivity index (χ1n) is 4.05. The third-order valence-corrected chi connectivity index (χ3v) is 3.02. The molecule has 0 radical (unpaired) electrons. The van der Waals surface area contributed by atoms with Gasteiger partial charge in [0.15, 0.2) is 5.69 Å². The summed E-state index contributed by atoms with van der Waals surface area (Å²) >= 11 is 1.26. The van der Waals surface area contributed by atoms with Crippen LogP contribution in [0.2, 0.25) is 0 Å². The quantitative estimate of drug-likeness (QED) is 0.781. The van der Waals surface area contributed by atoms with Gasteiger partial charge >= 0.3 is 5.97 Å². The van der Waals surface area contributed by atoms with E-state index >= 15 is 0 Å². The van der Waals surface area contributed by atoms with Gasteiger partial charge in [-0.3, -0.25) is 0 Å². The highest BCUT2D eigenvalue weighted by Crippen LogP contribution is 2.28. The highest BCUT2D eigenvalue weighted by molar-refractivity contribution is 7.16. The van der Waals surface area contributed by atoms with Gasteiger partial charge in [0.2, 0.25) is 0 Å². The third kappa shape index (κ3) is 1.98. The second-order valence-electron chi connectivity index (χ2n) is 2.88. The summed E-state index contributed by atoms with van der Waals surface area (Å²) < 4.78 is 0. The van der Waals surface area contributed by atoms with Gasteiger partial charge in [0, 0.05) is 5.92 Å². The Bertz CT molecular complexity index is 322. The van der Waals surface area contributed by atoms with Gasteiger partial charge in [-0.1, -0.05) is 13.8 Å². The minimum atomic E-state index is -1.05. The molecule has 0 saturated heterocycles. The molecule has 0 aliphatic heterocycles. The normalized spacial score (nSPS) is 12.8. The van der Waals surface area contributed by atoms with E-state index in [1.165, 1.54) is 11.3 Å². The molecular formula is C8H12N2O2S. The van der Waals surface area contributed by atoms with E-state index in [1.54, 1.807) is 0 Å². The van der Waals surface area contributed by atoms with Crippen molar-refractivity contribution in [3.63, 3.8) is 0 Å². The predicted molar refractivity (Wildman–Crippen MR) is 52.2 cm³/mol. The van der Waals surface area contributed by atoms with E-state index in [0.717, 1.165) is 11.4 Å². The number of aromatic carboxylic acids is 1. The third-order valence-electron chi connectivity index (χ3n) is 1.91. The second-order valence-corrected chi connectivity index (χ2v) is 3.94. The number of anilines is 1. The maximum absolute atomic E-state index is 10.6. The zero-order valence-corrected chi connectivity index (χ0v) is 8.39. The number of carbonyl (C=O) groups is 1. The van der Waals surface area contributed by atoms with Gasteiger partial charge in [-0.25, -0.2) is 9.78 Å². The van der Waals surface area contributed by atoms with Crippen LogP contribution >= 0.6 is 11.3 Å². The summed E-state index contributed by atoms with van der Waals surface area (Å²) in [5, 5.41) is 9.80. The molecule has 3 N–H and O–H groups in total. The number of aromatic nitrogens is 1. The second kappa shape index (κ2) is 3.74. The number of hydrogen-bond donors (Lipinski definition) is 2. The SMILES string of the molecule is CCC(C)c1nc(C(=O)O)c(N)s1. The molecule has 1 unspecified atom stereocenters. The van der Waals surface area contributed by atoms with Gasteiger partial charge in [-0.05, 0) is 6.42 Å². The molecule has 1 rings (SSSR count). The van der Waals surface area contributed by atoms with Crippen LogP contribution in [-0.4, -0.2) is 16.1 Å².